The number of thiazole rings is 1. The fraction of sp³-hybridized carbons (Fsp3) is 0.320. The van der Waals surface area contributed by atoms with Crippen molar-refractivity contribution >= 4 is 54.0 Å². The number of hydrogen-bond donors (Lipinski definition) is 0. The van der Waals surface area contributed by atoms with E-state index in [1.54, 1.807) is 34.8 Å². The lowest BCUT2D eigenvalue weighted by atomic mass is 9.98. The number of carbonyl (C=O) groups is 1. The van der Waals surface area contributed by atoms with Crippen molar-refractivity contribution in [3.63, 3.8) is 0 Å². The van der Waals surface area contributed by atoms with Crippen LogP contribution < -0.4 is 4.90 Å². The van der Waals surface area contributed by atoms with Gasteiger partial charge in [0.25, 0.3) is 10.0 Å². The molecule has 0 spiro atoms. The zero-order valence-electron chi connectivity index (χ0n) is 19.3. The molecule has 1 atom stereocenters. The number of aryl methyl sites for hydroxylation is 1. The third-order valence-electron chi connectivity index (χ3n) is 6.26. The van der Waals surface area contributed by atoms with E-state index in [0.29, 0.717) is 35.3 Å². The molecule has 0 N–H and O–H groups in total. The molecule has 0 aliphatic carbocycles. The minimum atomic E-state index is -3.61. The van der Waals surface area contributed by atoms with Crippen LogP contribution in [0.1, 0.15) is 30.9 Å². The van der Waals surface area contributed by atoms with E-state index >= 15 is 0 Å². The zero-order chi connectivity index (χ0) is 24.4. The van der Waals surface area contributed by atoms with E-state index < -0.39 is 15.9 Å². The van der Waals surface area contributed by atoms with E-state index in [0.717, 1.165) is 27.8 Å². The summed E-state index contributed by atoms with van der Waals surface area (Å²) in [6.45, 7) is 3.03. The third kappa shape index (κ3) is 4.88. The molecule has 4 aromatic rings. The van der Waals surface area contributed by atoms with Crippen LogP contribution in [-0.2, 0) is 27.8 Å². The Bertz CT molecular complexity index is 1420. The smallest absolute Gasteiger partial charge is 0.252 e. The summed E-state index contributed by atoms with van der Waals surface area (Å²) >= 11 is 2.70. The number of benzene rings is 1. The van der Waals surface area contributed by atoms with Crippen molar-refractivity contribution in [2.45, 2.75) is 36.9 Å². The molecule has 0 saturated carbocycles. The third-order valence-corrected chi connectivity index (χ3v) is 10.5. The number of piperidine rings is 1. The van der Waals surface area contributed by atoms with Crippen LogP contribution in [0.4, 0.5) is 5.13 Å². The molecule has 35 heavy (non-hydrogen) atoms. The summed E-state index contributed by atoms with van der Waals surface area (Å²) < 4.78 is 29.1. The molecule has 0 bridgehead atoms. The average molecular weight is 527 g/mol. The Morgan fingerprint density at radius 1 is 1.20 bits per heavy atom. The van der Waals surface area contributed by atoms with Crippen molar-refractivity contribution in [1.82, 2.24) is 14.3 Å². The molecule has 7 nitrogen and oxygen atoms in total. The second kappa shape index (κ2) is 10.1. The fourth-order valence-electron chi connectivity index (χ4n) is 4.43. The fourth-order valence-corrected chi connectivity index (χ4v) is 8.12. The summed E-state index contributed by atoms with van der Waals surface area (Å²) in [5.41, 5.74) is 2.96. The maximum Gasteiger partial charge on any atom is 0.252 e. The van der Waals surface area contributed by atoms with Gasteiger partial charge in [0.1, 0.15) is 4.21 Å². The van der Waals surface area contributed by atoms with Crippen LogP contribution in [0.2, 0.25) is 0 Å². The van der Waals surface area contributed by atoms with Gasteiger partial charge in [-0.05, 0) is 54.0 Å². The molecule has 1 aliphatic rings. The van der Waals surface area contributed by atoms with Crippen LogP contribution >= 0.6 is 22.7 Å². The zero-order valence-corrected chi connectivity index (χ0v) is 21.8. The number of aromatic nitrogens is 2. The van der Waals surface area contributed by atoms with E-state index in [4.69, 9.17) is 4.98 Å². The molecule has 3 aromatic heterocycles. The number of anilines is 1. The number of fused-ring (bicyclic) bond motifs is 1. The van der Waals surface area contributed by atoms with Gasteiger partial charge in [0.05, 0.1) is 22.7 Å². The van der Waals surface area contributed by atoms with Gasteiger partial charge in [0, 0.05) is 25.5 Å². The number of sulfonamides is 1. The first-order chi connectivity index (χ1) is 17.0. The highest BCUT2D eigenvalue weighted by Crippen LogP contribution is 2.34. The molecule has 1 aliphatic heterocycles. The maximum atomic E-state index is 13.9. The first kappa shape index (κ1) is 24.1. The number of amides is 1. The molecule has 182 valence electrons. The summed E-state index contributed by atoms with van der Waals surface area (Å²) in [6, 6.07) is 13.2. The topological polar surface area (TPSA) is 83.5 Å². The number of para-hydroxylation sites is 1. The monoisotopic (exact) mass is 526 g/mol. The predicted molar refractivity (Wildman–Crippen MR) is 140 cm³/mol. The molecule has 1 aromatic carbocycles. The minimum Gasteiger partial charge on any atom is -0.283 e. The first-order valence-corrected chi connectivity index (χ1v) is 14.7. The highest BCUT2D eigenvalue weighted by Gasteiger charge is 2.36. The van der Waals surface area contributed by atoms with Crippen molar-refractivity contribution in [2.24, 2.45) is 5.92 Å². The molecule has 0 radical (unpaired) electrons. The molecule has 1 saturated heterocycles. The van der Waals surface area contributed by atoms with Crippen molar-refractivity contribution in [3.8, 4) is 0 Å². The van der Waals surface area contributed by atoms with Crippen LogP contribution in [0, 0.1) is 5.92 Å². The van der Waals surface area contributed by atoms with Gasteiger partial charge < -0.3 is 0 Å². The number of nitrogens with zero attached hydrogens (tertiary/aromatic N) is 4. The van der Waals surface area contributed by atoms with Gasteiger partial charge in [0.15, 0.2) is 5.13 Å². The minimum absolute atomic E-state index is 0.1000. The molecule has 10 heteroatoms. The molecule has 1 unspecified atom stereocenters. The van der Waals surface area contributed by atoms with Gasteiger partial charge in [-0.15, -0.1) is 11.3 Å². The highest BCUT2D eigenvalue weighted by molar-refractivity contribution is 7.91. The van der Waals surface area contributed by atoms with Crippen LogP contribution in [-0.4, -0.2) is 41.7 Å². The lowest BCUT2D eigenvalue weighted by Crippen LogP contribution is -2.46. The molecule has 1 fully saturated rings. The Morgan fingerprint density at radius 3 is 2.83 bits per heavy atom. The standard InChI is InChI=1S/C25H26N4O3S3/c1-2-19-8-3-10-21-23(19)27-25(34-21)29(16-18-7-4-12-26-15-18)24(30)20-9-5-13-28(17-20)35(31,32)22-11-6-14-33-22/h3-4,6-8,10-12,14-15,20H,2,5,9,13,16-17H2,1H3. The maximum absolute atomic E-state index is 13.9. The molecular formula is C25H26N4O3S3. The number of thiophene rings is 1. The van der Waals surface area contributed by atoms with Gasteiger partial charge in [-0.2, -0.15) is 4.31 Å². The Hall–Kier alpha value is -2.66. The Labute approximate surface area is 213 Å². The number of pyridine rings is 1. The summed E-state index contributed by atoms with van der Waals surface area (Å²) in [5.74, 6) is -0.537. The second-order valence-electron chi connectivity index (χ2n) is 8.53. The van der Waals surface area contributed by atoms with Crippen LogP contribution in [0.3, 0.4) is 0 Å². The average Bonchev–Trinajstić information content (AvgIpc) is 3.58. The Kier molecular flexibility index (Phi) is 6.97. The van der Waals surface area contributed by atoms with Crippen molar-refractivity contribution in [2.75, 3.05) is 18.0 Å². The molecular weight excluding hydrogens is 501 g/mol. The van der Waals surface area contributed by atoms with Gasteiger partial charge in [-0.1, -0.05) is 42.5 Å². The predicted octanol–water partition coefficient (Wildman–Crippen LogP) is 4.95. The molecule has 5 rings (SSSR count). The van der Waals surface area contributed by atoms with E-state index in [2.05, 4.69) is 18.0 Å². The summed E-state index contributed by atoms with van der Waals surface area (Å²) in [7, 11) is -3.61. The first-order valence-electron chi connectivity index (χ1n) is 11.6. The largest absolute Gasteiger partial charge is 0.283 e. The van der Waals surface area contributed by atoms with Crippen molar-refractivity contribution in [1.29, 1.82) is 0 Å². The second-order valence-corrected chi connectivity index (χ2v) is 12.7. The number of carbonyl (C=O) groups excluding carboxylic acids is 1. The van der Waals surface area contributed by atoms with Crippen LogP contribution in [0.25, 0.3) is 10.2 Å². The van der Waals surface area contributed by atoms with Crippen LogP contribution in [0.5, 0.6) is 0 Å². The molecule has 1 amide bonds. The normalized spacial score (nSPS) is 17.0. The Balaban J connectivity index is 1.47. The summed E-state index contributed by atoms with van der Waals surface area (Å²) in [5, 5.41) is 2.39. The summed E-state index contributed by atoms with van der Waals surface area (Å²) in [6.07, 6.45) is 5.59. The van der Waals surface area contributed by atoms with Crippen molar-refractivity contribution < 1.29 is 13.2 Å². The van der Waals surface area contributed by atoms with E-state index in [9.17, 15) is 13.2 Å². The van der Waals surface area contributed by atoms with Gasteiger partial charge in [0.2, 0.25) is 5.91 Å². The number of rotatable bonds is 7. The SMILES string of the molecule is CCc1cccc2sc(N(Cc3cccnc3)C(=O)C3CCCN(S(=O)(=O)c4cccs4)C3)nc12. The van der Waals surface area contributed by atoms with Crippen molar-refractivity contribution in [3.05, 3.63) is 71.4 Å². The van der Waals surface area contributed by atoms with Gasteiger partial charge in [-0.3, -0.25) is 14.7 Å². The van der Waals surface area contributed by atoms with E-state index in [1.165, 1.54) is 27.0 Å². The lowest BCUT2D eigenvalue weighted by molar-refractivity contribution is -0.123. The quantitative estimate of drug-likeness (QED) is 0.340. The van der Waals surface area contributed by atoms with E-state index in [1.807, 2.05) is 24.3 Å². The van der Waals surface area contributed by atoms with Gasteiger partial charge >= 0.3 is 0 Å². The Morgan fingerprint density at radius 2 is 2.09 bits per heavy atom. The lowest BCUT2D eigenvalue weighted by Gasteiger charge is -2.33. The van der Waals surface area contributed by atoms with E-state index in [-0.39, 0.29) is 12.5 Å². The highest BCUT2D eigenvalue weighted by atomic mass is 32.2. The molecule has 4 heterocycles. The van der Waals surface area contributed by atoms with Crippen LogP contribution in [0.15, 0.2) is 64.4 Å². The number of hydrogen-bond acceptors (Lipinski definition) is 7. The summed E-state index contributed by atoms with van der Waals surface area (Å²) in [4.78, 5) is 24.7. The van der Waals surface area contributed by atoms with Gasteiger partial charge in [-0.25, -0.2) is 13.4 Å².